The molecule has 0 radical (unpaired) electrons. The zero-order valence-corrected chi connectivity index (χ0v) is 13.8. The minimum absolute atomic E-state index is 0.0583. The van der Waals surface area contributed by atoms with Crippen LogP contribution in [0.5, 0.6) is 0 Å². The summed E-state index contributed by atoms with van der Waals surface area (Å²) in [6.07, 6.45) is 2.45. The van der Waals surface area contributed by atoms with Gasteiger partial charge < -0.3 is 9.64 Å². The van der Waals surface area contributed by atoms with Gasteiger partial charge >= 0.3 is 5.97 Å². The van der Waals surface area contributed by atoms with E-state index >= 15 is 0 Å². The summed E-state index contributed by atoms with van der Waals surface area (Å²) in [4.78, 5) is 30.9. The Balaban J connectivity index is 1.86. The van der Waals surface area contributed by atoms with Crippen molar-refractivity contribution in [2.75, 3.05) is 13.1 Å². The van der Waals surface area contributed by atoms with Crippen molar-refractivity contribution in [2.45, 2.75) is 18.9 Å². The number of likely N-dealkylation sites (tertiary alicyclic amines) is 1. The standard InChI is InChI=1S/C18H17ClN2O3/c19-16-14(9-6-10-20-16)18(23)24-15(13-7-2-1-3-8-13)17(22)21-11-4-5-12-21/h1-3,6-10,15H,4-5,11-12H2/t15-/m1/s1. The maximum Gasteiger partial charge on any atom is 0.342 e. The number of hydrogen-bond acceptors (Lipinski definition) is 4. The van der Waals surface area contributed by atoms with Crippen molar-refractivity contribution in [3.63, 3.8) is 0 Å². The highest BCUT2D eigenvalue weighted by molar-refractivity contribution is 6.32. The van der Waals surface area contributed by atoms with Crippen molar-refractivity contribution < 1.29 is 14.3 Å². The second-order valence-corrected chi connectivity index (χ2v) is 5.93. The summed E-state index contributed by atoms with van der Waals surface area (Å²) in [5, 5.41) is 0.0583. The molecule has 1 aliphatic rings. The Kier molecular flexibility index (Phi) is 5.11. The number of pyridine rings is 1. The van der Waals surface area contributed by atoms with Gasteiger partial charge in [-0.2, -0.15) is 0 Å². The number of benzene rings is 1. The molecule has 2 heterocycles. The van der Waals surface area contributed by atoms with E-state index in [-0.39, 0.29) is 16.6 Å². The predicted octanol–water partition coefficient (Wildman–Crippen LogP) is 3.26. The van der Waals surface area contributed by atoms with Gasteiger partial charge in [0.1, 0.15) is 5.15 Å². The van der Waals surface area contributed by atoms with Crippen molar-refractivity contribution in [2.24, 2.45) is 0 Å². The zero-order valence-electron chi connectivity index (χ0n) is 13.0. The van der Waals surface area contributed by atoms with Gasteiger partial charge in [-0.3, -0.25) is 4.79 Å². The molecular weight excluding hydrogens is 328 g/mol. The van der Waals surface area contributed by atoms with Gasteiger partial charge in [-0.15, -0.1) is 0 Å². The highest BCUT2D eigenvalue weighted by atomic mass is 35.5. The summed E-state index contributed by atoms with van der Waals surface area (Å²) in [7, 11) is 0. The molecule has 2 aromatic rings. The second-order valence-electron chi connectivity index (χ2n) is 5.57. The number of esters is 1. The molecule has 6 heteroatoms. The van der Waals surface area contributed by atoms with Crippen molar-refractivity contribution >= 4 is 23.5 Å². The molecule has 1 atom stereocenters. The van der Waals surface area contributed by atoms with Gasteiger partial charge in [-0.1, -0.05) is 41.9 Å². The van der Waals surface area contributed by atoms with Crippen LogP contribution in [0.15, 0.2) is 48.7 Å². The third-order valence-electron chi connectivity index (χ3n) is 3.95. The van der Waals surface area contributed by atoms with E-state index in [4.69, 9.17) is 16.3 Å². The SMILES string of the molecule is O=C(O[C@@H](C(=O)N1CCCC1)c1ccccc1)c1cccnc1Cl. The predicted molar refractivity (Wildman–Crippen MR) is 89.7 cm³/mol. The lowest BCUT2D eigenvalue weighted by atomic mass is 10.1. The van der Waals surface area contributed by atoms with Crippen LogP contribution in [-0.4, -0.2) is 34.8 Å². The summed E-state index contributed by atoms with van der Waals surface area (Å²) < 4.78 is 5.52. The summed E-state index contributed by atoms with van der Waals surface area (Å²) in [5.41, 5.74) is 0.789. The molecule has 0 saturated carbocycles. The topological polar surface area (TPSA) is 59.5 Å². The molecule has 0 unspecified atom stereocenters. The van der Waals surface area contributed by atoms with E-state index in [1.165, 1.54) is 12.3 Å². The van der Waals surface area contributed by atoms with Crippen molar-refractivity contribution in [3.05, 3.63) is 64.9 Å². The third kappa shape index (κ3) is 3.57. The molecule has 1 aliphatic heterocycles. The van der Waals surface area contributed by atoms with Crippen molar-refractivity contribution in [3.8, 4) is 0 Å². The Morgan fingerprint density at radius 2 is 1.79 bits per heavy atom. The first-order valence-electron chi connectivity index (χ1n) is 7.82. The molecule has 24 heavy (non-hydrogen) atoms. The summed E-state index contributed by atoms with van der Waals surface area (Å²) >= 11 is 5.95. The number of aromatic nitrogens is 1. The van der Waals surface area contributed by atoms with E-state index in [9.17, 15) is 9.59 Å². The molecule has 124 valence electrons. The number of halogens is 1. The highest BCUT2D eigenvalue weighted by Gasteiger charge is 2.31. The van der Waals surface area contributed by atoms with Crippen LogP contribution < -0.4 is 0 Å². The van der Waals surface area contributed by atoms with Gasteiger partial charge in [0.15, 0.2) is 0 Å². The highest BCUT2D eigenvalue weighted by Crippen LogP contribution is 2.25. The normalized spacial score (nSPS) is 15.1. The fourth-order valence-electron chi connectivity index (χ4n) is 2.70. The number of hydrogen-bond donors (Lipinski definition) is 0. The second kappa shape index (κ2) is 7.45. The molecule has 5 nitrogen and oxygen atoms in total. The van der Waals surface area contributed by atoms with Crippen LogP contribution in [0.25, 0.3) is 0 Å². The van der Waals surface area contributed by atoms with E-state index < -0.39 is 12.1 Å². The van der Waals surface area contributed by atoms with Gasteiger partial charge in [0.05, 0.1) is 5.56 Å². The Morgan fingerprint density at radius 1 is 1.08 bits per heavy atom. The average Bonchev–Trinajstić information content (AvgIpc) is 3.15. The summed E-state index contributed by atoms with van der Waals surface area (Å²) in [5.74, 6) is -0.860. The minimum Gasteiger partial charge on any atom is -0.444 e. The number of rotatable bonds is 4. The number of ether oxygens (including phenoxy) is 1. The number of carbonyl (C=O) groups is 2. The summed E-state index contributed by atoms with van der Waals surface area (Å²) in [6.45, 7) is 1.38. The molecule has 0 bridgehead atoms. The maximum absolute atomic E-state index is 12.8. The lowest BCUT2D eigenvalue weighted by molar-refractivity contribution is -0.140. The fourth-order valence-corrected chi connectivity index (χ4v) is 2.90. The van der Waals surface area contributed by atoms with E-state index in [0.717, 1.165) is 12.8 Å². The lowest BCUT2D eigenvalue weighted by Crippen LogP contribution is -2.34. The molecule has 1 fully saturated rings. The van der Waals surface area contributed by atoms with Gasteiger partial charge in [-0.25, -0.2) is 9.78 Å². The first-order valence-corrected chi connectivity index (χ1v) is 8.20. The third-order valence-corrected chi connectivity index (χ3v) is 4.25. The van der Waals surface area contributed by atoms with Crippen molar-refractivity contribution in [1.82, 2.24) is 9.88 Å². The average molecular weight is 345 g/mol. The smallest absolute Gasteiger partial charge is 0.342 e. The van der Waals surface area contributed by atoms with Crippen LogP contribution in [-0.2, 0) is 9.53 Å². The summed E-state index contributed by atoms with van der Waals surface area (Å²) in [6, 6.07) is 12.1. The van der Waals surface area contributed by atoms with Crippen LogP contribution in [0.2, 0.25) is 5.15 Å². The quantitative estimate of drug-likeness (QED) is 0.631. The van der Waals surface area contributed by atoms with E-state index in [2.05, 4.69) is 4.98 Å². The molecule has 1 amide bonds. The monoisotopic (exact) mass is 344 g/mol. The molecule has 1 aromatic carbocycles. The minimum atomic E-state index is -0.979. The molecular formula is C18H17ClN2O3. The van der Waals surface area contributed by atoms with Gasteiger partial charge in [0, 0.05) is 24.8 Å². The van der Waals surface area contributed by atoms with Gasteiger partial charge in [0.2, 0.25) is 6.10 Å². The lowest BCUT2D eigenvalue weighted by Gasteiger charge is -2.23. The molecule has 0 aliphatic carbocycles. The van der Waals surface area contributed by atoms with E-state index in [1.807, 2.05) is 18.2 Å². The number of amides is 1. The number of carbonyl (C=O) groups excluding carboxylic acids is 2. The first-order chi connectivity index (χ1) is 11.7. The van der Waals surface area contributed by atoms with Crippen LogP contribution in [0.1, 0.15) is 34.9 Å². The number of nitrogens with zero attached hydrogens (tertiary/aromatic N) is 2. The largest absolute Gasteiger partial charge is 0.444 e. The van der Waals surface area contributed by atoms with Gasteiger partial charge in [-0.05, 0) is 25.0 Å². The molecule has 0 N–H and O–H groups in total. The van der Waals surface area contributed by atoms with Crippen LogP contribution in [0.4, 0.5) is 0 Å². The molecule has 1 saturated heterocycles. The van der Waals surface area contributed by atoms with Crippen LogP contribution in [0.3, 0.4) is 0 Å². The van der Waals surface area contributed by atoms with E-state index in [1.54, 1.807) is 23.1 Å². The fraction of sp³-hybridized carbons (Fsp3) is 0.278. The Hall–Kier alpha value is -2.40. The molecule has 1 aromatic heterocycles. The van der Waals surface area contributed by atoms with Crippen LogP contribution in [0, 0.1) is 0 Å². The first kappa shape index (κ1) is 16.5. The maximum atomic E-state index is 12.8. The molecule has 0 spiro atoms. The van der Waals surface area contributed by atoms with Crippen molar-refractivity contribution in [1.29, 1.82) is 0 Å². The Bertz CT molecular complexity index is 730. The van der Waals surface area contributed by atoms with E-state index in [0.29, 0.717) is 18.7 Å². The zero-order chi connectivity index (χ0) is 16.9. The van der Waals surface area contributed by atoms with Gasteiger partial charge in [0.25, 0.3) is 5.91 Å². The Morgan fingerprint density at radius 3 is 2.46 bits per heavy atom. The Labute approximate surface area is 145 Å². The molecule has 3 rings (SSSR count). The van der Waals surface area contributed by atoms with Crippen LogP contribution >= 0.6 is 11.6 Å².